The maximum atomic E-state index is 10.0. The molecule has 0 aliphatic rings. The van der Waals surface area contributed by atoms with Gasteiger partial charge in [-0.2, -0.15) is 0 Å². The second-order valence-corrected chi connectivity index (χ2v) is 0.944. The highest BCUT2D eigenvalue weighted by molar-refractivity contribution is 5.59. The van der Waals surface area contributed by atoms with Crippen molar-refractivity contribution in [2.24, 2.45) is 0 Å². The van der Waals surface area contributed by atoms with Crippen molar-refractivity contribution in [3.63, 3.8) is 0 Å². The fourth-order valence-electron chi connectivity index (χ4n) is 0.161. The number of hydrogen-bond acceptors (Lipinski definition) is 5. The first-order chi connectivity index (χ1) is 4.31. The van der Waals surface area contributed by atoms with Gasteiger partial charge in [0, 0.05) is 0 Å². The first-order valence-corrected chi connectivity index (χ1v) is 2.01. The van der Waals surface area contributed by atoms with Gasteiger partial charge >= 0.3 is 12.6 Å². The lowest BCUT2D eigenvalue weighted by atomic mass is 11.2. The van der Waals surface area contributed by atoms with Crippen LogP contribution in [0, 0.1) is 0 Å². The van der Waals surface area contributed by atoms with Gasteiger partial charge in [-0.05, 0) is 0 Å². The van der Waals surface area contributed by atoms with Gasteiger partial charge < -0.3 is 14.2 Å². The Morgan fingerprint density at radius 1 is 1.67 bits per heavy atom. The molecule has 0 rings (SSSR count). The van der Waals surface area contributed by atoms with E-state index in [-0.39, 0.29) is 0 Å². The third-order valence-electron chi connectivity index (χ3n) is 0.461. The van der Waals surface area contributed by atoms with Crippen LogP contribution < -0.4 is 0 Å². The maximum Gasteiger partial charge on any atom is 0.510 e. The third kappa shape index (κ3) is 4.60. The van der Waals surface area contributed by atoms with Crippen molar-refractivity contribution < 1.29 is 23.8 Å². The normalized spacial score (nSPS) is 7.67. The molecule has 0 unspecified atom stereocenters. The molecular weight excluding hydrogens is 128 g/mol. The summed E-state index contributed by atoms with van der Waals surface area (Å²) < 4.78 is 12.0. The highest BCUT2D eigenvalue weighted by Gasteiger charge is 1.97. The first-order valence-electron chi connectivity index (χ1n) is 2.01. The lowest BCUT2D eigenvalue weighted by Gasteiger charge is -1.97. The Kier molecular flexibility index (Phi) is 4.20. The molecule has 5 heteroatoms. The SMILES string of the molecule is COC(=O)OCO[C]=O. The number of methoxy groups -OCH3 is 1. The Morgan fingerprint density at radius 2 is 2.33 bits per heavy atom. The summed E-state index contributed by atoms with van der Waals surface area (Å²) in [7, 11) is 1.15. The van der Waals surface area contributed by atoms with E-state index >= 15 is 0 Å². The fraction of sp³-hybridized carbons (Fsp3) is 0.500. The molecule has 0 amide bonds. The number of rotatable bonds is 3. The van der Waals surface area contributed by atoms with Gasteiger partial charge in [0.15, 0.2) is 0 Å². The van der Waals surface area contributed by atoms with Crippen LogP contribution in [0.25, 0.3) is 0 Å². The van der Waals surface area contributed by atoms with Gasteiger partial charge in [0.25, 0.3) is 0 Å². The molecule has 0 aromatic heterocycles. The Bertz CT molecular complexity index is 99.1. The molecule has 51 valence electrons. The smallest absolute Gasteiger partial charge is 0.438 e. The summed E-state index contributed by atoms with van der Waals surface area (Å²) in [5.74, 6) is 0. The van der Waals surface area contributed by atoms with E-state index in [9.17, 15) is 9.59 Å². The molecule has 0 saturated heterocycles. The zero-order valence-electron chi connectivity index (χ0n) is 4.75. The van der Waals surface area contributed by atoms with Crippen LogP contribution in [0.4, 0.5) is 4.79 Å². The molecular formula is C4H5O5. The summed E-state index contributed by atoms with van der Waals surface area (Å²) in [6.45, 7) is 0.602. The predicted octanol–water partition coefficient (Wildman–Crippen LogP) is -0.189. The second-order valence-electron chi connectivity index (χ2n) is 0.944. The molecule has 1 radical (unpaired) electrons. The summed E-state index contributed by atoms with van der Waals surface area (Å²) in [6.07, 6.45) is -0.898. The molecule has 0 aromatic rings. The third-order valence-corrected chi connectivity index (χ3v) is 0.461. The largest absolute Gasteiger partial charge is 0.510 e. The molecule has 0 saturated carbocycles. The van der Waals surface area contributed by atoms with Crippen molar-refractivity contribution in [3.05, 3.63) is 0 Å². The van der Waals surface area contributed by atoms with Crippen molar-refractivity contribution in [2.75, 3.05) is 13.9 Å². The Hall–Kier alpha value is -1.26. The van der Waals surface area contributed by atoms with Crippen molar-refractivity contribution in [1.29, 1.82) is 0 Å². The van der Waals surface area contributed by atoms with Crippen LogP contribution in [0.15, 0.2) is 0 Å². The highest BCUT2D eigenvalue weighted by atomic mass is 16.8. The van der Waals surface area contributed by atoms with Gasteiger partial charge in [-0.3, -0.25) is 0 Å². The van der Waals surface area contributed by atoms with Gasteiger partial charge in [-0.1, -0.05) is 0 Å². The minimum atomic E-state index is -0.898. The number of carbonyl (C=O) groups excluding carboxylic acids is 2. The minimum Gasteiger partial charge on any atom is -0.438 e. The summed E-state index contributed by atoms with van der Waals surface area (Å²) in [5, 5.41) is 0. The molecule has 0 atom stereocenters. The van der Waals surface area contributed by atoms with Crippen LogP contribution in [-0.2, 0) is 19.0 Å². The van der Waals surface area contributed by atoms with E-state index in [2.05, 4.69) is 14.2 Å². The lowest BCUT2D eigenvalue weighted by molar-refractivity contribution is 0.00872. The van der Waals surface area contributed by atoms with E-state index < -0.39 is 12.9 Å². The number of hydrogen-bond donors (Lipinski definition) is 0. The van der Waals surface area contributed by atoms with E-state index in [1.54, 1.807) is 0 Å². The lowest BCUT2D eigenvalue weighted by Crippen LogP contribution is -2.06. The van der Waals surface area contributed by atoms with Crippen LogP contribution in [-0.4, -0.2) is 26.5 Å². The van der Waals surface area contributed by atoms with Crippen molar-refractivity contribution >= 4 is 12.6 Å². The Labute approximate surface area is 51.5 Å². The summed E-state index contributed by atoms with van der Waals surface area (Å²) in [4.78, 5) is 19.3. The van der Waals surface area contributed by atoms with E-state index in [0.717, 1.165) is 13.6 Å². The quantitative estimate of drug-likeness (QED) is 0.303. The summed E-state index contributed by atoms with van der Waals surface area (Å²) in [6, 6.07) is 0. The Balaban J connectivity index is 3.06. The molecule has 0 bridgehead atoms. The van der Waals surface area contributed by atoms with Gasteiger partial charge in [0.05, 0.1) is 7.11 Å². The molecule has 0 spiro atoms. The van der Waals surface area contributed by atoms with Crippen LogP contribution in [0.2, 0.25) is 0 Å². The molecule has 5 nitrogen and oxygen atoms in total. The van der Waals surface area contributed by atoms with Crippen LogP contribution in [0.5, 0.6) is 0 Å². The standard InChI is InChI=1S/C4H5O5/c1-7-4(6)9-3-8-2-5/h3H2,1H3. The maximum absolute atomic E-state index is 10.0. The van der Waals surface area contributed by atoms with Crippen molar-refractivity contribution in [2.45, 2.75) is 0 Å². The highest BCUT2D eigenvalue weighted by Crippen LogP contribution is 1.80. The molecule has 9 heavy (non-hydrogen) atoms. The molecule has 0 aliphatic carbocycles. The average Bonchev–Trinajstić information content (AvgIpc) is 1.89. The van der Waals surface area contributed by atoms with E-state index in [1.807, 2.05) is 0 Å². The molecule has 0 aliphatic heterocycles. The number of ether oxygens (including phenoxy) is 3. The molecule has 0 heterocycles. The summed E-state index contributed by atoms with van der Waals surface area (Å²) in [5.41, 5.74) is 0. The van der Waals surface area contributed by atoms with Crippen molar-refractivity contribution in [1.82, 2.24) is 0 Å². The monoisotopic (exact) mass is 133 g/mol. The van der Waals surface area contributed by atoms with E-state index in [1.165, 1.54) is 0 Å². The number of carbonyl (C=O) groups is 1. The zero-order valence-corrected chi connectivity index (χ0v) is 4.75. The molecule has 0 fully saturated rings. The van der Waals surface area contributed by atoms with E-state index in [0.29, 0.717) is 0 Å². The van der Waals surface area contributed by atoms with Gasteiger partial charge in [0.1, 0.15) is 0 Å². The Morgan fingerprint density at radius 3 is 2.78 bits per heavy atom. The second kappa shape index (κ2) is 4.89. The topological polar surface area (TPSA) is 61.8 Å². The molecule has 0 N–H and O–H groups in total. The first kappa shape index (κ1) is 7.74. The van der Waals surface area contributed by atoms with Crippen LogP contribution in [0.1, 0.15) is 0 Å². The van der Waals surface area contributed by atoms with Gasteiger partial charge in [-0.15, -0.1) is 0 Å². The van der Waals surface area contributed by atoms with Crippen LogP contribution >= 0.6 is 0 Å². The average molecular weight is 133 g/mol. The van der Waals surface area contributed by atoms with Crippen molar-refractivity contribution in [3.8, 4) is 0 Å². The fourth-order valence-corrected chi connectivity index (χ4v) is 0.161. The summed E-state index contributed by atoms with van der Waals surface area (Å²) >= 11 is 0. The van der Waals surface area contributed by atoms with Gasteiger partial charge in [-0.25, -0.2) is 9.59 Å². The molecule has 0 aromatic carbocycles. The van der Waals surface area contributed by atoms with Crippen LogP contribution in [0.3, 0.4) is 0 Å². The minimum absolute atomic E-state index is 0.462. The predicted molar refractivity (Wildman–Crippen MR) is 25.1 cm³/mol. The zero-order chi connectivity index (χ0) is 7.11. The van der Waals surface area contributed by atoms with E-state index in [4.69, 9.17) is 0 Å². The van der Waals surface area contributed by atoms with Gasteiger partial charge in [0.2, 0.25) is 6.79 Å².